The highest BCUT2D eigenvalue weighted by molar-refractivity contribution is 6.04. The molecule has 0 bridgehead atoms. The summed E-state index contributed by atoms with van der Waals surface area (Å²) in [7, 11) is 0. The summed E-state index contributed by atoms with van der Waals surface area (Å²) in [6.45, 7) is 3.70. The maximum atomic E-state index is 12.1. The van der Waals surface area contributed by atoms with Crippen molar-refractivity contribution >= 4 is 11.9 Å². The van der Waals surface area contributed by atoms with Crippen molar-refractivity contribution in [2.45, 2.75) is 26.4 Å². The Labute approximate surface area is 120 Å². The molecule has 0 spiro atoms. The van der Waals surface area contributed by atoms with E-state index in [0.717, 1.165) is 4.90 Å². The number of imide groups is 1. The lowest BCUT2D eigenvalue weighted by atomic mass is 10.1. The van der Waals surface area contributed by atoms with Crippen LogP contribution < -0.4 is 5.32 Å². The van der Waals surface area contributed by atoms with Crippen LogP contribution in [0.5, 0.6) is 0 Å². The number of aromatic nitrogens is 2. The van der Waals surface area contributed by atoms with Gasteiger partial charge in [0.15, 0.2) is 0 Å². The van der Waals surface area contributed by atoms with E-state index < -0.39 is 12.1 Å². The molecule has 1 saturated heterocycles. The number of amides is 3. The standard InChI is InChI=1S/C13H14N4O4/c1-7(2)10-12(18)17(13(19)15-10)5-9-14-11(16-21-9)8-3-4-20-6-8/h3-4,6-7,10H,5H2,1-2H3,(H,15,19)/t10-/m1/s1. The predicted octanol–water partition coefficient (Wildman–Crippen LogP) is 1.41. The Kier molecular flexibility index (Phi) is 3.20. The van der Waals surface area contributed by atoms with Gasteiger partial charge < -0.3 is 14.3 Å². The molecule has 8 nitrogen and oxygen atoms in total. The number of nitrogens with one attached hydrogen (secondary N) is 1. The Hall–Kier alpha value is -2.64. The summed E-state index contributed by atoms with van der Waals surface area (Å²) in [5.41, 5.74) is 0.669. The molecule has 3 amide bonds. The first-order chi connectivity index (χ1) is 10.1. The average molecular weight is 290 g/mol. The van der Waals surface area contributed by atoms with Gasteiger partial charge in [-0.2, -0.15) is 4.98 Å². The van der Waals surface area contributed by atoms with Gasteiger partial charge in [-0.3, -0.25) is 9.69 Å². The van der Waals surface area contributed by atoms with Crippen LogP contribution in [0.15, 0.2) is 27.5 Å². The van der Waals surface area contributed by atoms with Crippen LogP contribution in [0.3, 0.4) is 0 Å². The quantitative estimate of drug-likeness (QED) is 0.854. The Balaban J connectivity index is 1.75. The second-order valence-corrected chi connectivity index (χ2v) is 5.12. The van der Waals surface area contributed by atoms with Crippen LogP contribution in [0.4, 0.5) is 4.79 Å². The van der Waals surface area contributed by atoms with E-state index in [9.17, 15) is 9.59 Å². The third kappa shape index (κ3) is 2.39. The SMILES string of the molecule is CC(C)[C@H]1NC(=O)N(Cc2nc(-c3ccoc3)no2)C1=O. The van der Waals surface area contributed by atoms with Crippen LogP contribution in [0.25, 0.3) is 11.4 Å². The fourth-order valence-corrected chi connectivity index (χ4v) is 2.11. The Morgan fingerprint density at radius 1 is 1.43 bits per heavy atom. The van der Waals surface area contributed by atoms with Crippen molar-refractivity contribution in [1.29, 1.82) is 0 Å². The lowest BCUT2D eigenvalue weighted by Gasteiger charge is -2.12. The molecule has 0 radical (unpaired) electrons. The lowest BCUT2D eigenvalue weighted by molar-refractivity contribution is -0.128. The molecule has 2 aromatic rings. The van der Waals surface area contributed by atoms with Crippen molar-refractivity contribution < 1.29 is 18.5 Å². The number of hydrogen-bond acceptors (Lipinski definition) is 6. The van der Waals surface area contributed by atoms with Crippen LogP contribution >= 0.6 is 0 Å². The monoisotopic (exact) mass is 290 g/mol. The van der Waals surface area contributed by atoms with Gasteiger partial charge in [0.1, 0.15) is 18.8 Å². The lowest BCUT2D eigenvalue weighted by Crippen LogP contribution is -2.34. The number of carbonyl (C=O) groups excluding carboxylic acids is 2. The Morgan fingerprint density at radius 3 is 2.86 bits per heavy atom. The first-order valence-corrected chi connectivity index (χ1v) is 6.53. The van der Waals surface area contributed by atoms with E-state index in [1.165, 1.54) is 12.5 Å². The molecular weight excluding hydrogens is 276 g/mol. The maximum Gasteiger partial charge on any atom is 0.325 e. The average Bonchev–Trinajstić information content (AvgIpc) is 3.14. The second-order valence-electron chi connectivity index (χ2n) is 5.12. The minimum Gasteiger partial charge on any atom is -0.472 e. The number of carbonyl (C=O) groups is 2. The molecular formula is C13H14N4O4. The number of nitrogens with zero attached hydrogens (tertiary/aromatic N) is 3. The Morgan fingerprint density at radius 2 is 2.24 bits per heavy atom. The van der Waals surface area contributed by atoms with Gasteiger partial charge in [0.2, 0.25) is 11.7 Å². The molecule has 0 unspecified atom stereocenters. The molecule has 110 valence electrons. The fraction of sp³-hybridized carbons (Fsp3) is 0.385. The number of furan rings is 1. The summed E-state index contributed by atoms with van der Waals surface area (Å²) in [6.07, 6.45) is 2.98. The summed E-state index contributed by atoms with van der Waals surface area (Å²) in [4.78, 5) is 29.2. The van der Waals surface area contributed by atoms with E-state index in [4.69, 9.17) is 8.94 Å². The van der Waals surface area contributed by atoms with E-state index in [0.29, 0.717) is 11.4 Å². The van der Waals surface area contributed by atoms with Crippen LogP contribution in [-0.2, 0) is 11.3 Å². The molecule has 0 saturated carbocycles. The molecule has 1 fully saturated rings. The van der Waals surface area contributed by atoms with Gasteiger partial charge >= 0.3 is 6.03 Å². The van der Waals surface area contributed by atoms with Crippen molar-refractivity contribution in [1.82, 2.24) is 20.4 Å². The van der Waals surface area contributed by atoms with E-state index in [1.807, 2.05) is 13.8 Å². The molecule has 3 rings (SSSR count). The minimum atomic E-state index is -0.506. The molecule has 1 aliphatic rings. The normalized spacial score (nSPS) is 18.6. The molecule has 21 heavy (non-hydrogen) atoms. The first-order valence-electron chi connectivity index (χ1n) is 6.53. The first kappa shape index (κ1) is 13.3. The zero-order valence-corrected chi connectivity index (χ0v) is 11.6. The summed E-state index contributed by atoms with van der Waals surface area (Å²) >= 11 is 0. The maximum absolute atomic E-state index is 12.1. The molecule has 0 aromatic carbocycles. The summed E-state index contributed by atoms with van der Waals surface area (Å²) in [5.74, 6) is 0.291. The highest BCUT2D eigenvalue weighted by Crippen LogP contribution is 2.19. The zero-order valence-electron chi connectivity index (χ0n) is 11.6. The molecule has 1 N–H and O–H groups in total. The van der Waals surface area contributed by atoms with Gasteiger partial charge in [-0.15, -0.1) is 0 Å². The minimum absolute atomic E-state index is 0.0237. The van der Waals surface area contributed by atoms with Crippen LogP contribution in [0.1, 0.15) is 19.7 Å². The van der Waals surface area contributed by atoms with Gasteiger partial charge in [-0.25, -0.2) is 4.79 Å². The van der Waals surface area contributed by atoms with Gasteiger partial charge in [0.25, 0.3) is 5.91 Å². The predicted molar refractivity (Wildman–Crippen MR) is 69.7 cm³/mol. The van der Waals surface area contributed by atoms with Crippen molar-refractivity contribution in [2.75, 3.05) is 0 Å². The molecule has 3 heterocycles. The van der Waals surface area contributed by atoms with E-state index in [2.05, 4.69) is 15.5 Å². The van der Waals surface area contributed by atoms with Crippen LogP contribution in [-0.4, -0.2) is 33.0 Å². The highest BCUT2D eigenvalue weighted by Gasteiger charge is 2.40. The number of rotatable bonds is 4. The number of urea groups is 1. The van der Waals surface area contributed by atoms with Gasteiger partial charge in [0, 0.05) is 0 Å². The van der Waals surface area contributed by atoms with E-state index in [1.54, 1.807) is 6.07 Å². The summed E-state index contributed by atoms with van der Waals surface area (Å²) in [6, 6.07) is 0.743. The molecule has 2 aromatic heterocycles. The zero-order chi connectivity index (χ0) is 15.0. The summed E-state index contributed by atoms with van der Waals surface area (Å²) in [5, 5.41) is 6.43. The third-order valence-corrected chi connectivity index (χ3v) is 3.26. The van der Waals surface area contributed by atoms with Crippen molar-refractivity contribution in [3.8, 4) is 11.4 Å². The Bertz CT molecular complexity index is 662. The largest absolute Gasteiger partial charge is 0.472 e. The molecule has 1 aliphatic heterocycles. The van der Waals surface area contributed by atoms with E-state index in [-0.39, 0.29) is 24.3 Å². The molecule has 8 heteroatoms. The van der Waals surface area contributed by atoms with Crippen molar-refractivity contribution in [3.05, 3.63) is 24.5 Å². The molecule has 1 atom stereocenters. The third-order valence-electron chi connectivity index (χ3n) is 3.26. The van der Waals surface area contributed by atoms with Crippen LogP contribution in [0, 0.1) is 5.92 Å². The van der Waals surface area contributed by atoms with Gasteiger partial charge in [-0.05, 0) is 12.0 Å². The van der Waals surface area contributed by atoms with Crippen molar-refractivity contribution in [2.24, 2.45) is 5.92 Å². The summed E-state index contributed by atoms with van der Waals surface area (Å²) < 4.78 is 10.0. The van der Waals surface area contributed by atoms with Gasteiger partial charge in [0.05, 0.1) is 11.8 Å². The van der Waals surface area contributed by atoms with Crippen LogP contribution in [0.2, 0.25) is 0 Å². The van der Waals surface area contributed by atoms with Crippen molar-refractivity contribution in [3.63, 3.8) is 0 Å². The fourth-order valence-electron chi connectivity index (χ4n) is 2.11. The van der Waals surface area contributed by atoms with Gasteiger partial charge in [-0.1, -0.05) is 19.0 Å². The highest BCUT2D eigenvalue weighted by atomic mass is 16.5. The smallest absolute Gasteiger partial charge is 0.325 e. The van der Waals surface area contributed by atoms with E-state index >= 15 is 0 Å². The number of hydrogen-bond donors (Lipinski definition) is 1. The second kappa shape index (κ2) is 5.04. The topological polar surface area (TPSA) is 101 Å². The molecule has 0 aliphatic carbocycles.